The van der Waals surface area contributed by atoms with Crippen molar-refractivity contribution in [1.29, 1.82) is 0 Å². The van der Waals surface area contributed by atoms with Crippen molar-refractivity contribution in [1.82, 2.24) is 14.3 Å². The molecule has 3 heterocycles. The average Bonchev–Trinajstić information content (AvgIpc) is 3.05. The summed E-state index contributed by atoms with van der Waals surface area (Å²) in [5.74, 6) is -0.0251. The fourth-order valence-corrected chi connectivity index (χ4v) is 6.50. The lowest BCUT2D eigenvalue weighted by molar-refractivity contribution is -0.137. The van der Waals surface area contributed by atoms with Gasteiger partial charge in [0.2, 0.25) is 4.80 Å². The summed E-state index contributed by atoms with van der Waals surface area (Å²) in [4.78, 5) is 41.9. The van der Waals surface area contributed by atoms with Crippen molar-refractivity contribution < 1.29 is 18.7 Å². The topological polar surface area (TPSA) is 85.9 Å². The number of likely N-dealkylation sites (tertiary alicyclic amines) is 1. The van der Waals surface area contributed by atoms with Crippen molar-refractivity contribution in [2.24, 2.45) is 4.99 Å². The van der Waals surface area contributed by atoms with Crippen LogP contribution in [-0.4, -0.2) is 57.2 Å². The second-order valence-electron chi connectivity index (χ2n) is 8.41. The third kappa shape index (κ3) is 8.62. The van der Waals surface area contributed by atoms with Crippen molar-refractivity contribution in [2.75, 3.05) is 31.7 Å². The standard InChI is InChI=1S/C15H15ClFN3O3S2.C9H17NOS/c1-23-13(21)8-24-12-7-11(10(17)6-9(12)16)18-14-19-4-2-3-5-20(19)15(22)25-14;1-2-12-9(11)10-7-5-3-4-6-8-10/h6-7H,2-5,8H2,1H3;2-8H2,1H3. The van der Waals surface area contributed by atoms with Crippen molar-refractivity contribution in [3.63, 3.8) is 0 Å². The van der Waals surface area contributed by atoms with Gasteiger partial charge < -0.3 is 9.64 Å². The third-order valence-corrected chi connectivity index (χ3v) is 8.93. The van der Waals surface area contributed by atoms with Crippen LogP contribution in [0.2, 0.25) is 5.02 Å². The number of esters is 1. The molecule has 13 heteroatoms. The zero-order valence-corrected chi connectivity index (χ0v) is 24.2. The fourth-order valence-electron chi connectivity index (χ4n) is 3.90. The van der Waals surface area contributed by atoms with Crippen LogP contribution in [0.15, 0.2) is 26.8 Å². The molecule has 1 aromatic carbocycles. The summed E-state index contributed by atoms with van der Waals surface area (Å²) in [5.41, 5.74) is 0.0829. The van der Waals surface area contributed by atoms with E-state index in [-0.39, 0.29) is 26.6 Å². The summed E-state index contributed by atoms with van der Waals surface area (Å²) < 4.78 is 22.3. The summed E-state index contributed by atoms with van der Waals surface area (Å²) in [6, 6.07) is 2.64. The van der Waals surface area contributed by atoms with E-state index in [2.05, 4.69) is 9.73 Å². The van der Waals surface area contributed by atoms with Crippen LogP contribution < -0.4 is 9.67 Å². The van der Waals surface area contributed by atoms with Crippen LogP contribution >= 0.6 is 46.5 Å². The number of ether oxygens (including phenoxy) is 1. The van der Waals surface area contributed by atoms with Crippen LogP contribution in [0.4, 0.5) is 14.9 Å². The highest BCUT2D eigenvalue weighted by atomic mass is 35.5. The third-order valence-electron chi connectivity index (χ3n) is 5.81. The largest absolute Gasteiger partial charge is 0.468 e. The molecule has 2 aliphatic heterocycles. The minimum absolute atomic E-state index is 0.0605. The van der Waals surface area contributed by atoms with Crippen LogP contribution in [0.1, 0.15) is 45.4 Å². The Morgan fingerprint density at radius 1 is 1.08 bits per heavy atom. The van der Waals surface area contributed by atoms with E-state index in [9.17, 15) is 18.8 Å². The van der Waals surface area contributed by atoms with Gasteiger partial charge in [0.05, 0.1) is 17.9 Å². The number of halogens is 2. The maximum atomic E-state index is 14.3. The number of fused-ring (bicyclic) bond motifs is 1. The van der Waals surface area contributed by atoms with Gasteiger partial charge in [-0.1, -0.05) is 43.1 Å². The van der Waals surface area contributed by atoms with Gasteiger partial charge in [0, 0.05) is 31.1 Å². The van der Waals surface area contributed by atoms with Gasteiger partial charge in [-0.15, -0.1) is 11.8 Å². The highest BCUT2D eigenvalue weighted by Gasteiger charge is 2.16. The normalized spacial score (nSPS) is 15.9. The summed E-state index contributed by atoms with van der Waals surface area (Å²) in [7, 11) is 1.30. The molecule has 0 atom stereocenters. The Hall–Kier alpha value is -1.76. The number of hydrogen-bond acceptors (Lipinski definition) is 8. The quantitative estimate of drug-likeness (QED) is 0.336. The number of benzene rings is 1. The first-order valence-electron chi connectivity index (χ1n) is 12.3. The molecule has 8 nitrogen and oxygen atoms in total. The molecule has 0 unspecified atom stereocenters. The maximum absolute atomic E-state index is 14.3. The molecule has 1 fully saturated rings. The molecule has 0 bridgehead atoms. The number of aromatic nitrogens is 2. The zero-order valence-electron chi connectivity index (χ0n) is 21.0. The molecule has 204 valence electrons. The van der Waals surface area contributed by atoms with Crippen LogP contribution in [0, 0.1) is 5.82 Å². The van der Waals surface area contributed by atoms with Gasteiger partial charge in [-0.3, -0.25) is 19.1 Å². The Morgan fingerprint density at radius 2 is 1.73 bits per heavy atom. The predicted molar refractivity (Wildman–Crippen MR) is 149 cm³/mol. The first kappa shape index (κ1) is 29.8. The van der Waals surface area contributed by atoms with Crippen molar-refractivity contribution in [3.05, 3.63) is 37.4 Å². The molecule has 0 aliphatic carbocycles. The summed E-state index contributed by atoms with van der Waals surface area (Å²) in [6.07, 6.45) is 6.86. The van der Waals surface area contributed by atoms with Crippen LogP contribution in [0.5, 0.6) is 0 Å². The minimum atomic E-state index is -0.580. The van der Waals surface area contributed by atoms with E-state index in [0.29, 0.717) is 22.8 Å². The van der Waals surface area contributed by atoms with E-state index in [1.54, 1.807) is 9.36 Å². The van der Waals surface area contributed by atoms with Crippen molar-refractivity contribution in [3.8, 4) is 0 Å². The number of carbonyl (C=O) groups is 2. The molecular formula is C24H32ClFN4O4S3. The lowest BCUT2D eigenvalue weighted by Crippen LogP contribution is -2.31. The molecule has 2 aliphatic rings. The predicted octanol–water partition coefficient (Wildman–Crippen LogP) is 5.53. The molecule has 0 N–H and O–H groups in total. The molecule has 1 saturated heterocycles. The number of rotatable bonds is 5. The average molecular weight is 591 g/mol. The van der Waals surface area contributed by atoms with Crippen LogP contribution in [0.3, 0.4) is 0 Å². The van der Waals surface area contributed by atoms with Gasteiger partial charge in [-0.2, -0.15) is 0 Å². The lowest BCUT2D eigenvalue weighted by atomic mass is 10.2. The van der Waals surface area contributed by atoms with E-state index in [1.165, 1.54) is 50.6 Å². The number of carbonyl (C=O) groups excluding carboxylic acids is 2. The van der Waals surface area contributed by atoms with Gasteiger partial charge in [0.25, 0.3) is 5.24 Å². The van der Waals surface area contributed by atoms with Crippen LogP contribution in [-0.2, 0) is 22.6 Å². The number of thioether (sulfide) groups is 2. The van der Waals surface area contributed by atoms with E-state index < -0.39 is 11.8 Å². The molecule has 2 aromatic rings. The van der Waals surface area contributed by atoms with Crippen molar-refractivity contribution in [2.45, 2.75) is 63.4 Å². The maximum Gasteiger partial charge on any atom is 0.325 e. The highest BCUT2D eigenvalue weighted by Crippen LogP contribution is 2.33. The summed E-state index contributed by atoms with van der Waals surface area (Å²) in [5, 5.41) is 0.476. The molecule has 37 heavy (non-hydrogen) atoms. The Labute approximate surface area is 233 Å². The highest BCUT2D eigenvalue weighted by molar-refractivity contribution is 8.13. The fraction of sp³-hybridized carbons (Fsp3) is 0.583. The second kappa shape index (κ2) is 15.0. The molecule has 0 saturated carbocycles. The molecular weight excluding hydrogens is 559 g/mol. The summed E-state index contributed by atoms with van der Waals surface area (Å²) >= 11 is 9.61. The lowest BCUT2D eigenvalue weighted by Gasteiger charge is -2.18. The van der Waals surface area contributed by atoms with E-state index >= 15 is 0 Å². The molecule has 0 spiro atoms. The smallest absolute Gasteiger partial charge is 0.325 e. The number of hydrogen-bond donors (Lipinski definition) is 0. The molecule has 4 rings (SSSR count). The first-order valence-corrected chi connectivity index (χ1v) is 15.5. The Morgan fingerprint density at radius 3 is 2.38 bits per heavy atom. The number of nitrogens with zero attached hydrogens (tertiary/aromatic N) is 4. The van der Waals surface area contributed by atoms with Gasteiger partial charge in [0.15, 0.2) is 0 Å². The molecule has 1 amide bonds. The molecule has 1 aromatic heterocycles. The van der Waals surface area contributed by atoms with Gasteiger partial charge in [-0.25, -0.2) is 14.1 Å². The van der Waals surface area contributed by atoms with Gasteiger partial charge in [0.1, 0.15) is 11.5 Å². The van der Waals surface area contributed by atoms with E-state index in [0.717, 1.165) is 60.8 Å². The van der Waals surface area contributed by atoms with Gasteiger partial charge in [-0.05, 0) is 54.9 Å². The Bertz CT molecular complexity index is 1210. The second-order valence-corrected chi connectivity index (χ2v) is 12.0. The SMILES string of the molecule is CCSC(=O)N1CCCCCC1.COC(=O)CSc1cc(N=c2sc(=O)n3n2CCCC3)c(F)cc1Cl. The number of methoxy groups -OCH3 is 1. The first-order chi connectivity index (χ1) is 17.8. The van der Waals surface area contributed by atoms with Crippen molar-refractivity contribution >= 4 is 63.4 Å². The Kier molecular flexibility index (Phi) is 12.1. The van der Waals surface area contributed by atoms with Crippen LogP contribution in [0.25, 0.3) is 0 Å². The summed E-state index contributed by atoms with van der Waals surface area (Å²) in [6.45, 7) is 5.31. The van der Waals surface area contributed by atoms with E-state index in [4.69, 9.17) is 11.6 Å². The monoisotopic (exact) mass is 590 g/mol. The minimum Gasteiger partial charge on any atom is -0.468 e. The molecule has 0 radical (unpaired) electrons. The number of amides is 1. The van der Waals surface area contributed by atoms with E-state index in [1.807, 2.05) is 11.8 Å². The van der Waals surface area contributed by atoms with Gasteiger partial charge >= 0.3 is 10.8 Å². The Balaban J connectivity index is 0.000000266. The zero-order chi connectivity index (χ0) is 26.8.